The summed E-state index contributed by atoms with van der Waals surface area (Å²) in [5, 5.41) is 9.25. The van der Waals surface area contributed by atoms with Crippen molar-refractivity contribution in [3.63, 3.8) is 0 Å². The highest BCUT2D eigenvalue weighted by atomic mass is 16.4. The van der Waals surface area contributed by atoms with Gasteiger partial charge in [-0.3, -0.25) is 4.90 Å². The number of carbonyl (C=O) groups is 1. The van der Waals surface area contributed by atoms with E-state index in [2.05, 4.69) is 9.47 Å². The lowest BCUT2D eigenvalue weighted by atomic mass is 9.98. The summed E-state index contributed by atoms with van der Waals surface area (Å²) in [4.78, 5) is 13.9. The highest BCUT2D eigenvalue weighted by Crippen LogP contribution is 2.37. The van der Waals surface area contributed by atoms with Crippen molar-refractivity contribution in [3.8, 4) is 0 Å². The van der Waals surface area contributed by atoms with Crippen LogP contribution in [0, 0.1) is 13.8 Å². The number of fused-ring (bicyclic) bond motifs is 1. The molecule has 2 unspecified atom stereocenters. The van der Waals surface area contributed by atoms with Crippen LogP contribution in [0.1, 0.15) is 53.5 Å². The second-order valence-electron chi connectivity index (χ2n) is 5.92. The number of aromatic nitrogens is 1. The Balaban J connectivity index is 1.96. The Bertz CT molecular complexity index is 506. The van der Waals surface area contributed by atoms with Gasteiger partial charge in [-0.2, -0.15) is 0 Å². The third-order valence-electron chi connectivity index (χ3n) is 4.87. The van der Waals surface area contributed by atoms with E-state index in [1.807, 2.05) is 19.9 Å². The first-order valence-electron chi connectivity index (χ1n) is 7.25. The predicted molar refractivity (Wildman–Crippen MR) is 73.7 cm³/mol. The van der Waals surface area contributed by atoms with Crippen LogP contribution in [0.5, 0.6) is 0 Å². The summed E-state index contributed by atoms with van der Waals surface area (Å²) < 4.78 is 2.28. The van der Waals surface area contributed by atoms with Gasteiger partial charge in [0.1, 0.15) is 0 Å². The second-order valence-corrected chi connectivity index (χ2v) is 5.92. The van der Waals surface area contributed by atoms with E-state index < -0.39 is 5.97 Å². The Morgan fingerprint density at radius 1 is 1.21 bits per heavy atom. The number of nitrogens with zero attached hydrogens (tertiary/aromatic N) is 2. The molecule has 3 rings (SSSR count). The molecule has 0 aromatic carbocycles. The molecule has 0 bridgehead atoms. The molecule has 0 spiro atoms. The van der Waals surface area contributed by atoms with Crippen LogP contribution in [-0.2, 0) is 0 Å². The highest BCUT2D eigenvalue weighted by Gasteiger charge is 2.37. The van der Waals surface area contributed by atoms with Crippen molar-refractivity contribution in [3.05, 3.63) is 23.0 Å². The minimum Gasteiger partial charge on any atom is -0.478 e. The van der Waals surface area contributed by atoms with Crippen molar-refractivity contribution in [2.45, 2.75) is 51.6 Å². The molecule has 1 aromatic heterocycles. The number of piperidine rings is 1. The summed E-state index contributed by atoms with van der Waals surface area (Å²) in [5.74, 6) is -0.808. The molecular formula is C15H22N2O2. The van der Waals surface area contributed by atoms with Gasteiger partial charge >= 0.3 is 5.97 Å². The van der Waals surface area contributed by atoms with Gasteiger partial charge in [0, 0.05) is 24.0 Å². The lowest BCUT2D eigenvalue weighted by Gasteiger charge is -2.34. The molecule has 3 heterocycles. The molecule has 4 heteroatoms. The largest absolute Gasteiger partial charge is 0.478 e. The molecule has 4 nitrogen and oxygen atoms in total. The fraction of sp³-hybridized carbons (Fsp3) is 0.667. The molecule has 0 radical (unpaired) electrons. The van der Waals surface area contributed by atoms with Crippen LogP contribution in [0.15, 0.2) is 6.07 Å². The van der Waals surface area contributed by atoms with Crippen LogP contribution < -0.4 is 0 Å². The average molecular weight is 262 g/mol. The number of carboxylic acids is 1. The summed E-state index contributed by atoms with van der Waals surface area (Å²) in [5.41, 5.74) is 2.47. The van der Waals surface area contributed by atoms with E-state index >= 15 is 0 Å². The van der Waals surface area contributed by atoms with Crippen molar-refractivity contribution < 1.29 is 9.90 Å². The molecule has 0 amide bonds. The first kappa shape index (κ1) is 12.7. The smallest absolute Gasteiger partial charge is 0.337 e. The maximum Gasteiger partial charge on any atom is 0.337 e. The van der Waals surface area contributed by atoms with Gasteiger partial charge < -0.3 is 9.67 Å². The van der Waals surface area contributed by atoms with E-state index in [4.69, 9.17) is 0 Å². The Hall–Kier alpha value is -1.29. The van der Waals surface area contributed by atoms with Crippen LogP contribution in [0.3, 0.4) is 0 Å². The Morgan fingerprint density at radius 3 is 2.68 bits per heavy atom. The molecule has 2 aliphatic rings. The van der Waals surface area contributed by atoms with E-state index in [1.54, 1.807) is 0 Å². The lowest BCUT2D eigenvalue weighted by molar-refractivity contribution is 0.0695. The SMILES string of the molecule is Cc1cc(C(=O)O)c(C)n1C1CCN2CCCCC12. The molecule has 2 fully saturated rings. The van der Waals surface area contributed by atoms with Gasteiger partial charge in [-0.15, -0.1) is 0 Å². The third-order valence-corrected chi connectivity index (χ3v) is 4.87. The molecular weight excluding hydrogens is 240 g/mol. The van der Waals surface area contributed by atoms with Crippen molar-refractivity contribution >= 4 is 5.97 Å². The zero-order valence-electron chi connectivity index (χ0n) is 11.7. The van der Waals surface area contributed by atoms with Crippen LogP contribution in [0.4, 0.5) is 0 Å². The lowest BCUT2D eigenvalue weighted by Crippen LogP contribution is -2.38. The summed E-state index contributed by atoms with van der Waals surface area (Å²) in [7, 11) is 0. The van der Waals surface area contributed by atoms with Gasteiger partial charge in [0.15, 0.2) is 0 Å². The molecule has 1 aromatic rings. The van der Waals surface area contributed by atoms with Crippen LogP contribution in [0.25, 0.3) is 0 Å². The van der Waals surface area contributed by atoms with Gasteiger partial charge in [-0.25, -0.2) is 4.79 Å². The quantitative estimate of drug-likeness (QED) is 0.891. The van der Waals surface area contributed by atoms with E-state index in [-0.39, 0.29) is 0 Å². The number of aryl methyl sites for hydroxylation is 1. The molecule has 2 saturated heterocycles. The zero-order valence-corrected chi connectivity index (χ0v) is 11.7. The van der Waals surface area contributed by atoms with Crippen molar-refractivity contribution in [2.75, 3.05) is 13.1 Å². The number of hydrogen-bond donors (Lipinski definition) is 1. The first-order valence-corrected chi connectivity index (χ1v) is 7.25. The minimum atomic E-state index is -0.808. The van der Waals surface area contributed by atoms with Gasteiger partial charge in [-0.1, -0.05) is 6.42 Å². The van der Waals surface area contributed by atoms with Gasteiger partial charge in [-0.05, 0) is 45.7 Å². The maximum atomic E-state index is 11.3. The number of rotatable bonds is 2. The second kappa shape index (κ2) is 4.67. The van der Waals surface area contributed by atoms with E-state index in [1.165, 1.54) is 25.8 Å². The maximum absolute atomic E-state index is 11.3. The van der Waals surface area contributed by atoms with Gasteiger partial charge in [0.05, 0.1) is 11.6 Å². The van der Waals surface area contributed by atoms with Gasteiger partial charge in [0.25, 0.3) is 0 Å². The zero-order chi connectivity index (χ0) is 13.6. The van der Waals surface area contributed by atoms with Crippen LogP contribution in [0.2, 0.25) is 0 Å². The summed E-state index contributed by atoms with van der Waals surface area (Å²) >= 11 is 0. The molecule has 0 aliphatic carbocycles. The Kier molecular flexibility index (Phi) is 3.13. The molecule has 1 N–H and O–H groups in total. The standard InChI is InChI=1S/C15H22N2O2/c1-10-9-12(15(18)19)11(2)17(10)14-6-8-16-7-4-3-5-13(14)16/h9,13-14H,3-8H2,1-2H3,(H,18,19). The van der Waals surface area contributed by atoms with Gasteiger partial charge in [0.2, 0.25) is 0 Å². The number of aromatic carboxylic acids is 1. The monoisotopic (exact) mass is 262 g/mol. The van der Waals surface area contributed by atoms with E-state index in [9.17, 15) is 9.90 Å². The number of hydrogen-bond acceptors (Lipinski definition) is 2. The van der Waals surface area contributed by atoms with Crippen LogP contribution in [-0.4, -0.2) is 39.7 Å². The topological polar surface area (TPSA) is 45.5 Å². The summed E-state index contributed by atoms with van der Waals surface area (Å²) in [6.45, 7) is 6.36. The van der Waals surface area contributed by atoms with E-state index in [0.29, 0.717) is 17.6 Å². The van der Waals surface area contributed by atoms with Crippen molar-refractivity contribution in [2.24, 2.45) is 0 Å². The first-order chi connectivity index (χ1) is 9.09. The predicted octanol–water partition coefficient (Wildman–Crippen LogP) is 2.60. The van der Waals surface area contributed by atoms with Crippen molar-refractivity contribution in [1.29, 1.82) is 0 Å². The normalized spacial score (nSPS) is 27.5. The fourth-order valence-electron chi connectivity index (χ4n) is 4.03. The van der Waals surface area contributed by atoms with Crippen LogP contribution >= 0.6 is 0 Å². The van der Waals surface area contributed by atoms with E-state index in [0.717, 1.165) is 24.4 Å². The molecule has 104 valence electrons. The Labute approximate surface area is 114 Å². The molecule has 19 heavy (non-hydrogen) atoms. The molecule has 2 aliphatic heterocycles. The van der Waals surface area contributed by atoms with Crippen molar-refractivity contribution in [1.82, 2.24) is 9.47 Å². The fourth-order valence-corrected chi connectivity index (χ4v) is 4.03. The minimum absolute atomic E-state index is 0.465. The third kappa shape index (κ3) is 1.98. The molecule has 0 saturated carbocycles. The summed E-state index contributed by atoms with van der Waals surface area (Å²) in [6.07, 6.45) is 5.03. The highest BCUT2D eigenvalue weighted by molar-refractivity contribution is 5.89. The number of carboxylic acid groups (broad SMARTS) is 1. The average Bonchev–Trinajstić information content (AvgIpc) is 2.91. The summed E-state index contributed by atoms with van der Waals surface area (Å²) in [6, 6.07) is 2.90. The molecule has 2 atom stereocenters. The Morgan fingerprint density at radius 2 is 2.00 bits per heavy atom.